The molecule has 2 aliphatic rings. The summed E-state index contributed by atoms with van der Waals surface area (Å²) in [4.78, 5) is 11.9. The molecule has 0 amide bonds. The summed E-state index contributed by atoms with van der Waals surface area (Å²) < 4.78 is 0. The van der Waals surface area contributed by atoms with Gasteiger partial charge in [0.15, 0.2) is 0 Å². The van der Waals surface area contributed by atoms with Gasteiger partial charge in [-0.15, -0.1) is 0 Å². The van der Waals surface area contributed by atoms with Crippen LogP contribution in [0, 0.1) is 22.7 Å². The second-order valence-corrected chi connectivity index (χ2v) is 6.73. The standard InChI is InChI=1S/C14H24O/c1-10-11(15)6-9-14(4)8-5-7-13(2,3)12(10)14/h10,12H,5-9H2,1-4H3/t10-,12?,14+/m0/s1. The van der Waals surface area contributed by atoms with Gasteiger partial charge in [-0.2, -0.15) is 0 Å². The molecule has 0 spiro atoms. The van der Waals surface area contributed by atoms with Crippen LogP contribution in [0.5, 0.6) is 0 Å². The molecule has 0 aromatic heterocycles. The van der Waals surface area contributed by atoms with Crippen molar-refractivity contribution < 1.29 is 4.79 Å². The third kappa shape index (κ3) is 1.64. The lowest BCUT2D eigenvalue weighted by molar-refractivity contribution is -0.140. The lowest BCUT2D eigenvalue weighted by Crippen LogP contribution is -2.50. The maximum absolute atomic E-state index is 11.9. The predicted molar refractivity (Wildman–Crippen MR) is 62.6 cm³/mol. The number of Topliss-reactive ketones (excluding diaryl/α,β-unsaturated/α-hetero) is 1. The van der Waals surface area contributed by atoms with Crippen LogP contribution in [-0.4, -0.2) is 5.78 Å². The minimum Gasteiger partial charge on any atom is -0.299 e. The molecule has 2 aliphatic carbocycles. The highest BCUT2D eigenvalue weighted by Gasteiger charge is 2.52. The molecule has 0 aromatic rings. The van der Waals surface area contributed by atoms with Crippen LogP contribution in [0.2, 0.25) is 0 Å². The fourth-order valence-corrected chi connectivity index (χ4v) is 4.59. The zero-order chi connectivity index (χ0) is 11.3. The number of hydrogen-bond donors (Lipinski definition) is 0. The summed E-state index contributed by atoms with van der Waals surface area (Å²) in [6.07, 6.45) is 5.93. The van der Waals surface area contributed by atoms with E-state index in [0.717, 1.165) is 12.8 Å². The Morgan fingerprint density at radius 3 is 2.47 bits per heavy atom. The summed E-state index contributed by atoms with van der Waals surface area (Å²) >= 11 is 0. The molecule has 0 N–H and O–H groups in total. The van der Waals surface area contributed by atoms with Gasteiger partial charge in [-0.3, -0.25) is 4.79 Å². The highest BCUT2D eigenvalue weighted by atomic mass is 16.1. The van der Waals surface area contributed by atoms with E-state index in [1.54, 1.807) is 0 Å². The first kappa shape index (κ1) is 11.2. The van der Waals surface area contributed by atoms with Gasteiger partial charge >= 0.3 is 0 Å². The summed E-state index contributed by atoms with van der Waals surface area (Å²) in [5, 5.41) is 0. The second-order valence-electron chi connectivity index (χ2n) is 6.73. The van der Waals surface area contributed by atoms with E-state index in [4.69, 9.17) is 0 Å². The Labute approximate surface area is 93.6 Å². The topological polar surface area (TPSA) is 17.1 Å². The molecule has 1 nitrogen and oxygen atoms in total. The van der Waals surface area contributed by atoms with Crippen LogP contribution in [0.1, 0.15) is 59.8 Å². The zero-order valence-corrected chi connectivity index (χ0v) is 10.6. The van der Waals surface area contributed by atoms with Crippen molar-refractivity contribution in [1.29, 1.82) is 0 Å². The van der Waals surface area contributed by atoms with E-state index in [2.05, 4.69) is 27.7 Å². The summed E-state index contributed by atoms with van der Waals surface area (Å²) in [5.41, 5.74) is 0.803. The largest absolute Gasteiger partial charge is 0.299 e. The first-order valence-corrected chi connectivity index (χ1v) is 6.40. The molecule has 0 bridgehead atoms. The minimum absolute atomic E-state index is 0.291. The Morgan fingerprint density at radius 2 is 1.80 bits per heavy atom. The summed E-state index contributed by atoms with van der Waals surface area (Å²) in [7, 11) is 0. The first-order chi connectivity index (χ1) is 6.87. The van der Waals surface area contributed by atoms with Gasteiger partial charge in [-0.25, -0.2) is 0 Å². The minimum atomic E-state index is 0.291. The molecule has 0 aromatic carbocycles. The molecule has 2 saturated carbocycles. The van der Waals surface area contributed by atoms with Gasteiger partial charge in [0.25, 0.3) is 0 Å². The van der Waals surface area contributed by atoms with Crippen LogP contribution < -0.4 is 0 Å². The number of carbonyl (C=O) groups is 1. The van der Waals surface area contributed by atoms with Crippen molar-refractivity contribution in [3.63, 3.8) is 0 Å². The molecule has 0 saturated heterocycles. The third-order valence-corrected chi connectivity index (χ3v) is 5.11. The van der Waals surface area contributed by atoms with Crippen LogP contribution in [-0.2, 0) is 4.79 Å². The van der Waals surface area contributed by atoms with Crippen molar-refractivity contribution in [2.45, 2.75) is 59.8 Å². The van der Waals surface area contributed by atoms with Crippen molar-refractivity contribution in [2.75, 3.05) is 0 Å². The smallest absolute Gasteiger partial charge is 0.136 e. The fourth-order valence-electron chi connectivity index (χ4n) is 4.59. The van der Waals surface area contributed by atoms with Crippen molar-refractivity contribution in [1.82, 2.24) is 0 Å². The summed E-state index contributed by atoms with van der Waals surface area (Å²) in [5.74, 6) is 1.41. The number of fused-ring (bicyclic) bond motifs is 1. The lowest BCUT2D eigenvalue weighted by Gasteiger charge is -2.55. The van der Waals surface area contributed by atoms with E-state index in [1.807, 2.05) is 0 Å². The van der Waals surface area contributed by atoms with Gasteiger partial charge in [0, 0.05) is 12.3 Å². The summed E-state index contributed by atoms with van der Waals surface area (Å²) in [6, 6.07) is 0. The van der Waals surface area contributed by atoms with E-state index < -0.39 is 0 Å². The zero-order valence-electron chi connectivity index (χ0n) is 10.6. The second kappa shape index (κ2) is 3.33. The number of carbonyl (C=O) groups excluding carboxylic acids is 1. The molecule has 3 atom stereocenters. The van der Waals surface area contributed by atoms with Crippen LogP contribution in [0.3, 0.4) is 0 Å². The van der Waals surface area contributed by atoms with E-state index in [-0.39, 0.29) is 0 Å². The number of ketones is 1. The van der Waals surface area contributed by atoms with Crippen LogP contribution >= 0.6 is 0 Å². The number of hydrogen-bond acceptors (Lipinski definition) is 1. The van der Waals surface area contributed by atoms with Gasteiger partial charge in [0.1, 0.15) is 5.78 Å². The van der Waals surface area contributed by atoms with Crippen molar-refractivity contribution in [3.8, 4) is 0 Å². The fraction of sp³-hybridized carbons (Fsp3) is 0.929. The van der Waals surface area contributed by atoms with Crippen LogP contribution in [0.25, 0.3) is 0 Å². The Kier molecular flexibility index (Phi) is 2.48. The summed E-state index contributed by atoms with van der Waals surface area (Å²) in [6.45, 7) is 9.31. The lowest BCUT2D eigenvalue weighted by atomic mass is 9.49. The van der Waals surface area contributed by atoms with E-state index >= 15 is 0 Å². The van der Waals surface area contributed by atoms with Crippen molar-refractivity contribution >= 4 is 5.78 Å². The molecule has 2 rings (SSSR count). The maximum Gasteiger partial charge on any atom is 0.136 e. The number of rotatable bonds is 0. The Morgan fingerprint density at radius 1 is 1.13 bits per heavy atom. The average molecular weight is 208 g/mol. The normalized spacial score (nSPS) is 44.9. The monoisotopic (exact) mass is 208 g/mol. The molecular weight excluding hydrogens is 184 g/mol. The Bertz CT molecular complexity index is 279. The van der Waals surface area contributed by atoms with Gasteiger partial charge in [0.05, 0.1) is 0 Å². The molecule has 1 unspecified atom stereocenters. The van der Waals surface area contributed by atoms with Gasteiger partial charge in [-0.05, 0) is 36.0 Å². The van der Waals surface area contributed by atoms with E-state index in [9.17, 15) is 4.79 Å². The predicted octanol–water partition coefficient (Wildman–Crippen LogP) is 3.82. The molecule has 0 heterocycles. The Hall–Kier alpha value is -0.330. The molecule has 0 aliphatic heterocycles. The van der Waals surface area contributed by atoms with Crippen molar-refractivity contribution in [3.05, 3.63) is 0 Å². The Balaban J connectivity index is 2.35. The third-order valence-electron chi connectivity index (χ3n) is 5.11. The molecule has 1 heteroatoms. The van der Waals surface area contributed by atoms with E-state index in [1.165, 1.54) is 19.3 Å². The van der Waals surface area contributed by atoms with Crippen LogP contribution in [0.15, 0.2) is 0 Å². The highest BCUT2D eigenvalue weighted by molar-refractivity contribution is 5.82. The maximum atomic E-state index is 11.9. The first-order valence-electron chi connectivity index (χ1n) is 6.40. The van der Waals surface area contributed by atoms with Gasteiger partial charge in [-0.1, -0.05) is 34.1 Å². The molecule has 0 radical (unpaired) electrons. The molecular formula is C14H24O. The molecule has 86 valence electrons. The quantitative estimate of drug-likeness (QED) is 0.591. The van der Waals surface area contributed by atoms with Crippen LogP contribution in [0.4, 0.5) is 0 Å². The van der Waals surface area contributed by atoms with Gasteiger partial charge < -0.3 is 0 Å². The molecule has 15 heavy (non-hydrogen) atoms. The van der Waals surface area contributed by atoms with E-state index in [0.29, 0.717) is 28.4 Å². The van der Waals surface area contributed by atoms with Gasteiger partial charge in [0.2, 0.25) is 0 Å². The molecule has 2 fully saturated rings. The highest BCUT2D eigenvalue weighted by Crippen LogP contribution is 2.58. The van der Waals surface area contributed by atoms with Crippen molar-refractivity contribution in [2.24, 2.45) is 22.7 Å². The average Bonchev–Trinajstić information content (AvgIpc) is 2.10. The SMILES string of the molecule is C[C@H]1C(=O)CC[C@@]2(C)CCCC(C)(C)C12.